The lowest BCUT2D eigenvalue weighted by Crippen LogP contribution is -2.46. The standard InChI is InChI=1S/C14H22ClN3O/c1-2-18(13(7-9-16)14(17)19)10-8-11-3-5-12(15)6-4-11/h3-6,13H,2,7-10,16H2,1H3,(H2,17,19). The van der Waals surface area contributed by atoms with Crippen LogP contribution in [-0.4, -0.2) is 36.5 Å². The van der Waals surface area contributed by atoms with Gasteiger partial charge in [-0.05, 0) is 43.6 Å². The summed E-state index contributed by atoms with van der Waals surface area (Å²) in [5.74, 6) is -0.302. The van der Waals surface area contributed by atoms with Gasteiger partial charge in [0.05, 0.1) is 6.04 Å². The molecule has 0 aromatic heterocycles. The van der Waals surface area contributed by atoms with E-state index in [1.807, 2.05) is 31.2 Å². The number of carbonyl (C=O) groups excluding carboxylic acids is 1. The molecule has 1 atom stereocenters. The van der Waals surface area contributed by atoms with Crippen LogP contribution in [0.2, 0.25) is 5.02 Å². The van der Waals surface area contributed by atoms with E-state index in [1.165, 1.54) is 5.56 Å². The summed E-state index contributed by atoms with van der Waals surface area (Å²) < 4.78 is 0. The molecule has 0 aliphatic carbocycles. The highest BCUT2D eigenvalue weighted by Gasteiger charge is 2.21. The fourth-order valence-corrected chi connectivity index (χ4v) is 2.25. The van der Waals surface area contributed by atoms with Gasteiger partial charge in [-0.2, -0.15) is 0 Å². The van der Waals surface area contributed by atoms with Crippen molar-refractivity contribution in [3.63, 3.8) is 0 Å². The minimum atomic E-state index is -0.302. The first-order valence-electron chi connectivity index (χ1n) is 6.56. The van der Waals surface area contributed by atoms with Crippen LogP contribution >= 0.6 is 11.6 Å². The molecule has 0 fully saturated rings. The number of amides is 1. The van der Waals surface area contributed by atoms with Crippen LogP contribution in [-0.2, 0) is 11.2 Å². The second-order valence-corrected chi connectivity index (χ2v) is 4.94. The minimum Gasteiger partial charge on any atom is -0.368 e. The summed E-state index contributed by atoms with van der Waals surface area (Å²) in [7, 11) is 0. The maximum absolute atomic E-state index is 11.5. The third-order valence-electron chi connectivity index (χ3n) is 3.22. The van der Waals surface area contributed by atoms with Crippen molar-refractivity contribution in [1.82, 2.24) is 4.90 Å². The largest absolute Gasteiger partial charge is 0.368 e. The second-order valence-electron chi connectivity index (χ2n) is 4.50. The number of likely N-dealkylation sites (N-methyl/N-ethyl adjacent to an activating group) is 1. The highest BCUT2D eigenvalue weighted by molar-refractivity contribution is 6.30. The van der Waals surface area contributed by atoms with Gasteiger partial charge in [0, 0.05) is 11.6 Å². The lowest BCUT2D eigenvalue weighted by molar-refractivity contribution is -0.123. The number of hydrogen-bond donors (Lipinski definition) is 2. The number of carbonyl (C=O) groups is 1. The van der Waals surface area contributed by atoms with E-state index in [4.69, 9.17) is 23.1 Å². The van der Waals surface area contributed by atoms with Crippen LogP contribution in [0.5, 0.6) is 0 Å². The number of halogens is 1. The summed E-state index contributed by atoms with van der Waals surface area (Å²) in [4.78, 5) is 13.5. The van der Waals surface area contributed by atoms with Gasteiger partial charge in [0.25, 0.3) is 0 Å². The van der Waals surface area contributed by atoms with Crippen molar-refractivity contribution in [2.75, 3.05) is 19.6 Å². The molecule has 4 N–H and O–H groups in total. The second kappa shape index (κ2) is 8.15. The average molecular weight is 284 g/mol. The lowest BCUT2D eigenvalue weighted by Gasteiger charge is -2.28. The zero-order valence-corrected chi connectivity index (χ0v) is 12.1. The first-order valence-corrected chi connectivity index (χ1v) is 6.94. The Morgan fingerprint density at radius 2 is 2.00 bits per heavy atom. The van der Waals surface area contributed by atoms with Gasteiger partial charge in [0.2, 0.25) is 5.91 Å². The summed E-state index contributed by atoms with van der Waals surface area (Å²) in [6.45, 7) is 4.05. The van der Waals surface area contributed by atoms with Crippen LogP contribution in [0.15, 0.2) is 24.3 Å². The van der Waals surface area contributed by atoms with E-state index in [1.54, 1.807) is 0 Å². The molecule has 19 heavy (non-hydrogen) atoms. The molecule has 1 unspecified atom stereocenters. The number of rotatable bonds is 8. The third kappa shape index (κ3) is 5.19. The van der Waals surface area contributed by atoms with Gasteiger partial charge in [0.15, 0.2) is 0 Å². The molecule has 1 aromatic carbocycles. The summed E-state index contributed by atoms with van der Waals surface area (Å²) in [5, 5.41) is 0.731. The highest BCUT2D eigenvalue weighted by Crippen LogP contribution is 2.11. The Morgan fingerprint density at radius 3 is 2.47 bits per heavy atom. The van der Waals surface area contributed by atoms with Crippen molar-refractivity contribution >= 4 is 17.5 Å². The van der Waals surface area contributed by atoms with Gasteiger partial charge < -0.3 is 11.5 Å². The first kappa shape index (κ1) is 16.0. The fourth-order valence-electron chi connectivity index (χ4n) is 2.12. The van der Waals surface area contributed by atoms with Gasteiger partial charge in [-0.25, -0.2) is 0 Å². The summed E-state index contributed by atoms with van der Waals surface area (Å²) in [5.41, 5.74) is 12.2. The minimum absolute atomic E-state index is 0.276. The van der Waals surface area contributed by atoms with E-state index in [0.717, 1.165) is 24.5 Å². The molecule has 1 aromatic rings. The maximum Gasteiger partial charge on any atom is 0.234 e. The van der Waals surface area contributed by atoms with E-state index < -0.39 is 0 Å². The van der Waals surface area contributed by atoms with Gasteiger partial charge >= 0.3 is 0 Å². The lowest BCUT2D eigenvalue weighted by atomic mass is 10.1. The molecule has 0 heterocycles. The van der Waals surface area contributed by atoms with Crippen molar-refractivity contribution in [3.05, 3.63) is 34.9 Å². The molecule has 0 aliphatic heterocycles. The van der Waals surface area contributed by atoms with Gasteiger partial charge in [-0.15, -0.1) is 0 Å². The highest BCUT2D eigenvalue weighted by atomic mass is 35.5. The Hall–Kier alpha value is -1.10. The van der Waals surface area contributed by atoms with Crippen LogP contribution in [0.4, 0.5) is 0 Å². The van der Waals surface area contributed by atoms with Crippen LogP contribution in [0.25, 0.3) is 0 Å². The Bertz CT molecular complexity index is 394. The first-order chi connectivity index (χ1) is 9.08. The number of hydrogen-bond acceptors (Lipinski definition) is 3. The van der Waals surface area contributed by atoms with E-state index in [9.17, 15) is 4.79 Å². The smallest absolute Gasteiger partial charge is 0.234 e. The Balaban J connectivity index is 2.60. The van der Waals surface area contributed by atoms with E-state index >= 15 is 0 Å². The van der Waals surface area contributed by atoms with Crippen molar-refractivity contribution in [1.29, 1.82) is 0 Å². The molecule has 1 amide bonds. The fraction of sp³-hybridized carbons (Fsp3) is 0.500. The van der Waals surface area contributed by atoms with Crippen molar-refractivity contribution in [2.45, 2.75) is 25.8 Å². The molecule has 0 radical (unpaired) electrons. The summed E-state index contributed by atoms with van der Waals surface area (Å²) in [6, 6.07) is 7.47. The normalized spacial score (nSPS) is 12.6. The molecule has 0 saturated carbocycles. The summed E-state index contributed by atoms with van der Waals surface area (Å²) in [6.07, 6.45) is 1.46. The van der Waals surface area contributed by atoms with Crippen molar-refractivity contribution in [2.24, 2.45) is 11.5 Å². The Labute approximate surface area is 119 Å². The quantitative estimate of drug-likeness (QED) is 0.758. The molecule has 0 bridgehead atoms. The Morgan fingerprint density at radius 1 is 1.37 bits per heavy atom. The SMILES string of the molecule is CCN(CCc1ccc(Cl)cc1)C(CCN)C(N)=O. The third-order valence-corrected chi connectivity index (χ3v) is 3.47. The molecule has 0 spiro atoms. The molecule has 0 aliphatic rings. The monoisotopic (exact) mass is 283 g/mol. The van der Waals surface area contributed by atoms with E-state index in [0.29, 0.717) is 13.0 Å². The predicted molar refractivity (Wildman–Crippen MR) is 79.1 cm³/mol. The molecule has 106 valence electrons. The zero-order valence-electron chi connectivity index (χ0n) is 11.3. The number of benzene rings is 1. The van der Waals surface area contributed by atoms with Crippen LogP contribution in [0.1, 0.15) is 18.9 Å². The molecular formula is C14H22ClN3O. The van der Waals surface area contributed by atoms with Gasteiger partial charge in [0.1, 0.15) is 0 Å². The van der Waals surface area contributed by atoms with Crippen LogP contribution < -0.4 is 11.5 Å². The molecule has 1 rings (SSSR count). The van der Waals surface area contributed by atoms with E-state index in [2.05, 4.69) is 4.90 Å². The van der Waals surface area contributed by atoms with Gasteiger partial charge in [-0.1, -0.05) is 30.7 Å². The summed E-state index contributed by atoms with van der Waals surface area (Å²) >= 11 is 5.85. The van der Waals surface area contributed by atoms with Crippen molar-refractivity contribution in [3.8, 4) is 0 Å². The molecule has 0 saturated heterocycles. The van der Waals surface area contributed by atoms with Crippen LogP contribution in [0.3, 0.4) is 0 Å². The molecule has 5 heteroatoms. The van der Waals surface area contributed by atoms with Crippen molar-refractivity contribution < 1.29 is 4.79 Å². The van der Waals surface area contributed by atoms with E-state index in [-0.39, 0.29) is 11.9 Å². The number of nitrogens with two attached hydrogens (primary N) is 2. The number of nitrogens with zero attached hydrogens (tertiary/aromatic N) is 1. The topological polar surface area (TPSA) is 72.3 Å². The number of primary amides is 1. The predicted octanol–water partition coefficient (Wildman–Crippen LogP) is 1.41. The van der Waals surface area contributed by atoms with Crippen LogP contribution in [0, 0.1) is 0 Å². The molecule has 4 nitrogen and oxygen atoms in total. The maximum atomic E-state index is 11.5. The molecular weight excluding hydrogens is 262 g/mol. The Kier molecular flexibility index (Phi) is 6.84. The van der Waals surface area contributed by atoms with Gasteiger partial charge in [-0.3, -0.25) is 9.69 Å². The average Bonchev–Trinajstić information content (AvgIpc) is 2.40. The zero-order chi connectivity index (χ0) is 14.3.